The summed E-state index contributed by atoms with van der Waals surface area (Å²) in [6.45, 7) is 4.35. The maximum absolute atomic E-state index is 14.0. The van der Waals surface area contributed by atoms with Gasteiger partial charge in [-0.3, -0.25) is 24.2 Å². The maximum Gasteiger partial charge on any atom is 0.269 e. The summed E-state index contributed by atoms with van der Waals surface area (Å²) in [6, 6.07) is 23.3. The average Bonchev–Trinajstić information content (AvgIpc) is 3.30. The smallest absolute Gasteiger partial charge is 0.269 e. The Balaban J connectivity index is 1.43. The summed E-state index contributed by atoms with van der Waals surface area (Å²) < 4.78 is 0. The predicted molar refractivity (Wildman–Crippen MR) is 139 cm³/mol. The Morgan fingerprint density at radius 2 is 1.66 bits per heavy atom. The highest BCUT2D eigenvalue weighted by Crippen LogP contribution is 2.55. The van der Waals surface area contributed by atoms with E-state index in [1.807, 2.05) is 86.6 Å². The Morgan fingerprint density at radius 3 is 2.40 bits per heavy atom. The van der Waals surface area contributed by atoms with Gasteiger partial charge in [-0.05, 0) is 55.2 Å². The molecule has 1 unspecified atom stereocenters. The summed E-state index contributed by atoms with van der Waals surface area (Å²) in [5, 5.41) is 2.93. The van der Waals surface area contributed by atoms with Crippen LogP contribution >= 0.6 is 11.8 Å². The molecule has 2 heterocycles. The first-order valence-corrected chi connectivity index (χ1v) is 12.7. The molecule has 3 amide bonds. The first-order chi connectivity index (χ1) is 16.9. The van der Waals surface area contributed by atoms with Crippen molar-refractivity contribution in [1.82, 2.24) is 5.32 Å². The zero-order chi connectivity index (χ0) is 24.6. The number of hydrogen-bond donors (Lipinski definition) is 1. The highest BCUT2D eigenvalue weighted by Gasteiger charge is 2.61. The minimum absolute atomic E-state index is 0.0954. The molecule has 0 aliphatic carbocycles. The number of carbonyl (C=O) groups is 3. The molecule has 5 rings (SSSR count). The van der Waals surface area contributed by atoms with Crippen molar-refractivity contribution in [3.8, 4) is 0 Å². The lowest BCUT2D eigenvalue weighted by molar-refractivity contribution is -0.125. The number of nitrogens with one attached hydrogen (secondary N) is 1. The molecule has 3 aromatic rings. The van der Waals surface area contributed by atoms with Gasteiger partial charge < -0.3 is 5.32 Å². The van der Waals surface area contributed by atoms with Crippen LogP contribution in [0.15, 0.2) is 72.8 Å². The number of carbonyl (C=O) groups excluding carboxylic acids is 3. The maximum atomic E-state index is 14.0. The Morgan fingerprint density at radius 1 is 0.971 bits per heavy atom. The molecule has 2 aliphatic rings. The summed E-state index contributed by atoms with van der Waals surface area (Å²) >= 11 is 1.33. The van der Waals surface area contributed by atoms with Crippen molar-refractivity contribution in [2.45, 2.75) is 25.1 Å². The van der Waals surface area contributed by atoms with Crippen LogP contribution in [0.25, 0.3) is 0 Å². The van der Waals surface area contributed by atoms with Crippen molar-refractivity contribution >= 4 is 40.9 Å². The van der Waals surface area contributed by atoms with Crippen molar-refractivity contribution in [3.63, 3.8) is 0 Å². The first kappa shape index (κ1) is 23.2. The van der Waals surface area contributed by atoms with Gasteiger partial charge in [0.15, 0.2) is 0 Å². The quantitative estimate of drug-likeness (QED) is 0.574. The van der Waals surface area contributed by atoms with E-state index in [-0.39, 0.29) is 30.0 Å². The number of anilines is 2. The van der Waals surface area contributed by atoms with Crippen molar-refractivity contribution < 1.29 is 14.4 Å². The van der Waals surface area contributed by atoms with Crippen molar-refractivity contribution in [2.24, 2.45) is 0 Å². The van der Waals surface area contributed by atoms with Crippen LogP contribution in [-0.4, -0.2) is 36.6 Å². The van der Waals surface area contributed by atoms with Crippen LogP contribution < -0.4 is 15.1 Å². The molecule has 1 saturated heterocycles. The van der Waals surface area contributed by atoms with Gasteiger partial charge in [-0.2, -0.15) is 0 Å². The van der Waals surface area contributed by atoms with E-state index < -0.39 is 4.87 Å². The fourth-order valence-electron chi connectivity index (χ4n) is 4.98. The first-order valence-electron chi connectivity index (χ1n) is 11.7. The lowest BCUT2D eigenvalue weighted by Crippen LogP contribution is -2.51. The van der Waals surface area contributed by atoms with E-state index >= 15 is 0 Å². The molecular weight excluding hydrogens is 458 g/mol. The minimum Gasteiger partial charge on any atom is -0.354 e. The van der Waals surface area contributed by atoms with Gasteiger partial charge in [0.1, 0.15) is 6.54 Å². The Hall–Kier alpha value is -3.58. The number of nitrogens with zero attached hydrogens (tertiary/aromatic N) is 2. The molecule has 0 bridgehead atoms. The minimum atomic E-state index is -1.21. The topological polar surface area (TPSA) is 69.7 Å². The molecule has 178 valence electrons. The zero-order valence-electron chi connectivity index (χ0n) is 19.8. The van der Waals surface area contributed by atoms with Gasteiger partial charge in [0.2, 0.25) is 16.7 Å². The summed E-state index contributed by atoms with van der Waals surface area (Å²) in [6.07, 6.45) is 0.714. The monoisotopic (exact) mass is 485 g/mol. The van der Waals surface area contributed by atoms with Gasteiger partial charge in [-0.25, -0.2) is 0 Å². The summed E-state index contributed by atoms with van der Waals surface area (Å²) in [5.74, 6) is -0.401. The largest absolute Gasteiger partial charge is 0.354 e. The molecule has 35 heavy (non-hydrogen) atoms. The van der Waals surface area contributed by atoms with Gasteiger partial charge in [0.05, 0.1) is 11.4 Å². The van der Waals surface area contributed by atoms with Crippen LogP contribution in [0.2, 0.25) is 0 Å². The number of aryl methyl sites for hydroxylation is 2. The summed E-state index contributed by atoms with van der Waals surface area (Å²) in [5.41, 5.74) is 5.31. The molecule has 1 fully saturated rings. The number of para-hydroxylation sites is 1. The lowest BCUT2D eigenvalue weighted by atomic mass is 10.0. The number of fused-ring (bicyclic) bond motifs is 2. The molecule has 3 aromatic carbocycles. The van der Waals surface area contributed by atoms with E-state index in [1.54, 1.807) is 4.90 Å². The molecular formula is C28H27N3O3S. The van der Waals surface area contributed by atoms with E-state index in [4.69, 9.17) is 0 Å². The Labute approximate surface area is 209 Å². The molecule has 0 aromatic heterocycles. The Bertz CT molecular complexity index is 1290. The molecule has 0 saturated carbocycles. The van der Waals surface area contributed by atoms with Crippen LogP contribution in [0, 0.1) is 13.8 Å². The van der Waals surface area contributed by atoms with Gasteiger partial charge >= 0.3 is 0 Å². The molecule has 1 N–H and O–H groups in total. The molecule has 0 radical (unpaired) electrons. The fraction of sp³-hybridized carbons (Fsp3) is 0.250. The summed E-state index contributed by atoms with van der Waals surface area (Å²) in [7, 11) is 0. The third-order valence-corrected chi connectivity index (χ3v) is 7.79. The van der Waals surface area contributed by atoms with Crippen LogP contribution in [0.4, 0.5) is 11.4 Å². The second kappa shape index (κ2) is 9.23. The molecule has 1 spiro atoms. The third-order valence-electron chi connectivity index (χ3n) is 6.41. The van der Waals surface area contributed by atoms with Crippen molar-refractivity contribution in [3.05, 3.63) is 95.1 Å². The van der Waals surface area contributed by atoms with Gasteiger partial charge in [-0.15, -0.1) is 11.8 Å². The summed E-state index contributed by atoms with van der Waals surface area (Å²) in [4.78, 5) is 42.0. The van der Waals surface area contributed by atoms with Gasteiger partial charge in [-0.1, -0.05) is 54.6 Å². The second-order valence-corrected chi connectivity index (χ2v) is 10.2. The SMILES string of the molecule is Cc1cc(C)cc(N2C(=O)CSC23C(=O)N(CC(=O)NCCc2ccccc2)c2ccccc23)c1. The lowest BCUT2D eigenvalue weighted by Gasteiger charge is -2.33. The highest BCUT2D eigenvalue weighted by atomic mass is 32.2. The number of benzene rings is 3. The van der Waals surface area contributed by atoms with E-state index in [0.29, 0.717) is 24.3 Å². The number of hydrogen-bond acceptors (Lipinski definition) is 4. The van der Waals surface area contributed by atoms with Crippen molar-refractivity contribution in [2.75, 3.05) is 28.6 Å². The van der Waals surface area contributed by atoms with Crippen LogP contribution in [0.1, 0.15) is 22.3 Å². The number of amides is 3. The highest BCUT2D eigenvalue weighted by molar-refractivity contribution is 8.02. The standard InChI is InChI=1S/C28H27N3O3S/c1-19-14-20(2)16-22(15-19)31-26(33)18-35-28(31)23-10-6-7-11-24(23)30(27(28)34)17-25(32)29-13-12-21-8-4-3-5-9-21/h3-11,14-16H,12-13,17-18H2,1-2H3,(H,29,32). The zero-order valence-corrected chi connectivity index (χ0v) is 20.6. The Kier molecular flexibility index (Phi) is 6.11. The van der Waals surface area contributed by atoms with Crippen LogP contribution in [0.5, 0.6) is 0 Å². The van der Waals surface area contributed by atoms with E-state index in [9.17, 15) is 14.4 Å². The van der Waals surface area contributed by atoms with Crippen LogP contribution in [-0.2, 0) is 25.7 Å². The molecule has 6 nitrogen and oxygen atoms in total. The van der Waals surface area contributed by atoms with Crippen LogP contribution in [0.3, 0.4) is 0 Å². The number of thioether (sulfide) groups is 1. The molecule has 1 atom stereocenters. The van der Waals surface area contributed by atoms with E-state index in [1.165, 1.54) is 16.7 Å². The van der Waals surface area contributed by atoms with Crippen molar-refractivity contribution in [1.29, 1.82) is 0 Å². The fourth-order valence-corrected chi connectivity index (χ4v) is 6.34. The average molecular weight is 486 g/mol. The van der Waals surface area contributed by atoms with E-state index in [2.05, 4.69) is 5.32 Å². The normalized spacial score (nSPS) is 18.9. The predicted octanol–water partition coefficient (Wildman–Crippen LogP) is 3.94. The number of rotatable bonds is 6. The molecule has 7 heteroatoms. The third kappa shape index (κ3) is 4.10. The molecule has 2 aliphatic heterocycles. The van der Waals surface area contributed by atoms with Gasteiger partial charge in [0.25, 0.3) is 5.91 Å². The second-order valence-electron chi connectivity index (χ2n) is 9.00. The van der Waals surface area contributed by atoms with Gasteiger partial charge in [0, 0.05) is 17.8 Å². The van der Waals surface area contributed by atoms with E-state index in [0.717, 1.165) is 22.3 Å².